The molecule has 1 aliphatic carbocycles. The van der Waals surface area contributed by atoms with Crippen LogP contribution in [0.3, 0.4) is 0 Å². The fourth-order valence-corrected chi connectivity index (χ4v) is 5.17. The number of hydrogen-bond acceptors (Lipinski definition) is 6. The molecule has 0 radical (unpaired) electrons. The molecular formula is C24H32N2O4. The van der Waals surface area contributed by atoms with Crippen LogP contribution >= 0.6 is 0 Å². The van der Waals surface area contributed by atoms with E-state index >= 15 is 0 Å². The normalized spacial score (nSPS) is 26.0. The van der Waals surface area contributed by atoms with Crippen LogP contribution in [-0.2, 0) is 16.9 Å². The minimum Gasteiger partial charge on any atom is -0.493 e. The van der Waals surface area contributed by atoms with E-state index in [-0.39, 0.29) is 5.92 Å². The smallest absolute Gasteiger partial charge is 0.161 e. The molecule has 1 N–H and O–H groups in total. The van der Waals surface area contributed by atoms with E-state index in [1.165, 1.54) is 5.56 Å². The maximum atomic E-state index is 11.6. The Morgan fingerprint density at radius 2 is 2.03 bits per heavy atom. The van der Waals surface area contributed by atoms with Crippen molar-refractivity contribution < 1.29 is 19.3 Å². The molecule has 6 nitrogen and oxygen atoms in total. The molecule has 2 fully saturated rings. The topological polar surface area (TPSA) is 64.1 Å². The van der Waals surface area contributed by atoms with E-state index in [0.717, 1.165) is 55.2 Å². The van der Waals surface area contributed by atoms with Crippen LogP contribution in [-0.4, -0.2) is 55.5 Å². The Bertz CT molecular complexity index is 874. The number of likely N-dealkylation sites (tertiary alicyclic amines) is 1. The van der Waals surface area contributed by atoms with Gasteiger partial charge in [0.2, 0.25) is 0 Å². The molecule has 1 aromatic carbocycles. The average molecular weight is 413 g/mol. The third kappa shape index (κ3) is 4.04. The number of fused-ring (bicyclic) bond motifs is 1. The van der Waals surface area contributed by atoms with Gasteiger partial charge in [-0.15, -0.1) is 0 Å². The SMILES string of the molecule is COCCOc1cc(CN2CC3CCC(O)(c4ncccc4C)C3C2)ccc1OC. The quantitative estimate of drug-likeness (QED) is 0.672. The lowest BCUT2D eigenvalue weighted by atomic mass is 9.83. The van der Waals surface area contributed by atoms with Gasteiger partial charge in [-0.1, -0.05) is 12.1 Å². The van der Waals surface area contributed by atoms with Gasteiger partial charge in [-0.05, 0) is 55.0 Å². The molecule has 0 amide bonds. The average Bonchev–Trinajstić information content (AvgIpc) is 3.29. The van der Waals surface area contributed by atoms with Crippen molar-refractivity contribution in [3.63, 3.8) is 0 Å². The number of methoxy groups -OCH3 is 2. The summed E-state index contributed by atoms with van der Waals surface area (Å²) >= 11 is 0. The lowest BCUT2D eigenvalue weighted by Crippen LogP contribution is -2.36. The molecule has 162 valence electrons. The summed E-state index contributed by atoms with van der Waals surface area (Å²) in [5.74, 6) is 2.20. The van der Waals surface area contributed by atoms with Gasteiger partial charge in [-0.25, -0.2) is 0 Å². The van der Waals surface area contributed by atoms with Gasteiger partial charge < -0.3 is 19.3 Å². The van der Waals surface area contributed by atoms with Crippen LogP contribution in [0.2, 0.25) is 0 Å². The van der Waals surface area contributed by atoms with E-state index in [4.69, 9.17) is 14.2 Å². The molecule has 6 heteroatoms. The molecule has 30 heavy (non-hydrogen) atoms. The number of rotatable bonds is 8. The van der Waals surface area contributed by atoms with E-state index in [9.17, 15) is 5.11 Å². The Labute approximate surface area is 178 Å². The van der Waals surface area contributed by atoms with Gasteiger partial charge in [0.25, 0.3) is 0 Å². The van der Waals surface area contributed by atoms with Gasteiger partial charge in [0.1, 0.15) is 12.2 Å². The lowest BCUT2D eigenvalue weighted by Gasteiger charge is -2.31. The van der Waals surface area contributed by atoms with Crippen LogP contribution in [0.1, 0.15) is 29.7 Å². The predicted molar refractivity (Wildman–Crippen MR) is 115 cm³/mol. The van der Waals surface area contributed by atoms with Gasteiger partial charge in [-0.3, -0.25) is 9.88 Å². The van der Waals surface area contributed by atoms with Crippen LogP contribution in [0.15, 0.2) is 36.5 Å². The molecule has 0 bridgehead atoms. The number of benzene rings is 1. The second-order valence-electron chi connectivity index (χ2n) is 8.52. The summed E-state index contributed by atoms with van der Waals surface area (Å²) in [6.07, 6.45) is 3.64. The highest BCUT2D eigenvalue weighted by atomic mass is 16.5. The fourth-order valence-electron chi connectivity index (χ4n) is 5.17. The molecular weight excluding hydrogens is 380 g/mol. The van der Waals surface area contributed by atoms with Crippen LogP contribution in [0.25, 0.3) is 0 Å². The van der Waals surface area contributed by atoms with E-state index in [2.05, 4.69) is 22.0 Å². The van der Waals surface area contributed by atoms with Gasteiger partial charge in [0.15, 0.2) is 11.5 Å². The number of aromatic nitrogens is 1. The van der Waals surface area contributed by atoms with Crippen LogP contribution in [0, 0.1) is 18.8 Å². The molecule has 1 aromatic heterocycles. The van der Waals surface area contributed by atoms with Crippen molar-refractivity contribution in [2.45, 2.75) is 31.9 Å². The van der Waals surface area contributed by atoms with Crippen molar-refractivity contribution in [1.29, 1.82) is 0 Å². The highest BCUT2D eigenvalue weighted by molar-refractivity contribution is 5.43. The summed E-state index contributed by atoms with van der Waals surface area (Å²) in [5, 5.41) is 11.6. The van der Waals surface area contributed by atoms with Crippen LogP contribution < -0.4 is 9.47 Å². The number of aliphatic hydroxyl groups is 1. The Balaban J connectivity index is 1.46. The summed E-state index contributed by atoms with van der Waals surface area (Å²) in [6.45, 7) is 5.78. The Kier molecular flexibility index (Phi) is 6.27. The molecule has 1 saturated carbocycles. The summed E-state index contributed by atoms with van der Waals surface area (Å²) in [4.78, 5) is 7.00. The maximum Gasteiger partial charge on any atom is 0.161 e. The first kappa shape index (κ1) is 21.1. The maximum absolute atomic E-state index is 11.6. The van der Waals surface area contributed by atoms with Crippen molar-refractivity contribution in [2.75, 3.05) is 40.5 Å². The first-order valence-corrected chi connectivity index (χ1v) is 10.7. The lowest BCUT2D eigenvalue weighted by molar-refractivity contribution is -0.0114. The van der Waals surface area contributed by atoms with E-state index in [1.54, 1.807) is 20.4 Å². The zero-order chi connectivity index (χ0) is 21.1. The Morgan fingerprint density at radius 3 is 2.80 bits per heavy atom. The second-order valence-corrected chi connectivity index (χ2v) is 8.52. The van der Waals surface area contributed by atoms with Gasteiger partial charge in [0, 0.05) is 38.9 Å². The Hall–Kier alpha value is -2.15. The molecule has 1 aliphatic heterocycles. The Morgan fingerprint density at radius 1 is 1.17 bits per heavy atom. The van der Waals surface area contributed by atoms with Crippen LogP contribution in [0.5, 0.6) is 11.5 Å². The molecule has 3 atom stereocenters. The van der Waals surface area contributed by atoms with Gasteiger partial charge in [0.05, 0.1) is 19.4 Å². The highest BCUT2D eigenvalue weighted by Gasteiger charge is 2.53. The van der Waals surface area contributed by atoms with Crippen molar-refractivity contribution in [3.05, 3.63) is 53.3 Å². The second kappa shape index (κ2) is 8.92. The van der Waals surface area contributed by atoms with Crippen molar-refractivity contribution in [3.8, 4) is 11.5 Å². The number of aryl methyl sites for hydroxylation is 1. The molecule has 1 saturated heterocycles. The summed E-state index contributed by atoms with van der Waals surface area (Å²) < 4.78 is 16.3. The monoisotopic (exact) mass is 412 g/mol. The zero-order valence-corrected chi connectivity index (χ0v) is 18.1. The first-order valence-electron chi connectivity index (χ1n) is 10.7. The van der Waals surface area contributed by atoms with Crippen molar-refractivity contribution >= 4 is 0 Å². The molecule has 2 heterocycles. The molecule has 3 unspecified atom stereocenters. The minimum absolute atomic E-state index is 0.224. The molecule has 2 aromatic rings. The number of hydrogen-bond donors (Lipinski definition) is 1. The highest BCUT2D eigenvalue weighted by Crippen LogP contribution is 2.50. The molecule has 2 aliphatic rings. The van der Waals surface area contributed by atoms with Crippen LogP contribution in [0.4, 0.5) is 0 Å². The molecule has 4 rings (SSSR count). The predicted octanol–water partition coefficient (Wildman–Crippen LogP) is 3.15. The molecule has 0 spiro atoms. The first-order chi connectivity index (χ1) is 14.5. The summed E-state index contributed by atoms with van der Waals surface area (Å²) in [6, 6.07) is 10.1. The van der Waals surface area contributed by atoms with E-state index in [0.29, 0.717) is 19.1 Å². The third-order valence-corrected chi connectivity index (χ3v) is 6.63. The number of ether oxygens (including phenoxy) is 3. The van der Waals surface area contributed by atoms with Crippen molar-refractivity contribution in [1.82, 2.24) is 9.88 Å². The summed E-state index contributed by atoms with van der Waals surface area (Å²) in [7, 11) is 3.31. The standard InChI is InChI=1S/C24H32N2O4/c1-17-5-4-10-25-23(17)24(27)9-8-19-15-26(16-20(19)24)14-18-6-7-21(29-3)22(13-18)30-12-11-28-2/h4-7,10,13,19-20,27H,8-9,11-12,14-16H2,1-3H3. The number of nitrogens with zero attached hydrogens (tertiary/aromatic N) is 2. The largest absolute Gasteiger partial charge is 0.493 e. The minimum atomic E-state index is -0.820. The third-order valence-electron chi connectivity index (χ3n) is 6.63. The van der Waals surface area contributed by atoms with Gasteiger partial charge in [-0.2, -0.15) is 0 Å². The van der Waals surface area contributed by atoms with Crippen molar-refractivity contribution in [2.24, 2.45) is 11.8 Å². The summed E-state index contributed by atoms with van der Waals surface area (Å²) in [5.41, 5.74) is 2.30. The van der Waals surface area contributed by atoms with E-state index < -0.39 is 5.60 Å². The van der Waals surface area contributed by atoms with E-state index in [1.807, 2.05) is 25.1 Å². The zero-order valence-electron chi connectivity index (χ0n) is 18.1. The number of pyridine rings is 1. The van der Waals surface area contributed by atoms with Gasteiger partial charge >= 0.3 is 0 Å². The fraction of sp³-hybridized carbons (Fsp3) is 0.542.